The molecule has 0 amide bonds. The predicted octanol–water partition coefficient (Wildman–Crippen LogP) is 2.97. The van der Waals surface area contributed by atoms with E-state index in [2.05, 4.69) is 44.5 Å². The zero-order valence-corrected chi connectivity index (χ0v) is 16.0. The minimum absolute atomic E-state index is 0.281. The molecule has 1 saturated heterocycles. The molecule has 0 saturated carbocycles. The van der Waals surface area contributed by atoms with Crippen LogP contribution in [0.15, 0.2) is 59.8 Å². The van der Waals surface area contributed by atoms with Crippen molar-refractivity contribution in [3.05, 3.63) is 54.9 Å². The molecule has 0 radical (unpaired) electrons. The molecule has 2 aromatic carbocycles. The van der Waals surface area contributed by atoms with Gasteiger partial charge in [0.05, 0.1) is 10.4 Å². The third kappa shape index (κ3) is 3.88. The van der Waals surface area contributed by atoms with E-state index >= 15 is 0 Å². The molecule has 6 nitrogen and oxygen atoms in total. The van der Waals surface area contributed by atoms with Gasteiger partial charge in [-0.25, -0.2) is 18.4 Å². The quantitative estimate of drug-likeness (QED) is 0.731. The molecule has 27 heavy (non-hydrogen) atoms. The maximum Gasteiger partial charge on any atom is 0.175 e. The van der Waals surface area contributed by atoms with E-state index in [4.69, 9.17) is 0 Å². The highest BCUT2D eigenvalue weighted by atomic mass is 32.2. The Morgan fingerprint density at radius 3 is 2.74 bits per heavy atom. The number of fused-ring (bicyclic) bond motifs is 1. The molecule has 1 aromatic heterocycles. The Labute approximate surface area is 159 Å². The van der Waals surface area contributed by atoms with Crippen LogP contribution in [0.2, 0.25) is 0 Å². The first-order chi connectivity index (χ1) is 13.0. The van der Waals surface area contributed by atoms with Crippen LogP contribution in [0, 0.1) is 5.92 Å². The third-order valence-corrected chi connectivity index (χ3v) is 6.11. The number of rotatable bonds is 5. The molecule has 1 fully saturated rings. The van der Waals surface area contributed by atoms with Crippen molar-refractivity contribution in [3.8, 4) is 0 Å². The number of hydrogen-bond acceptors (Lipinski definition) is 6. The van der Waals surface area contributed by atoms with Crippen LogP contribution in [0.4, 0.5) is 11.5 Å². The van der Waals surface area contributed by atoms with Gasteiger partial charge in [-0.1, -0.05) is 18.2 Å². The van der Waals surface area contributed by atoms with Crippen molar-refractivity contribution < 1.29 is 8.42 Å². The van der Waals surface area contributed by atoms with Gasteiger partial charge in [-0.3, -0.25) is 0 Å². The van der Waals surface area contributed by atoms with Gasteiger partial charge in [-0.05, 0) is 42.7 Å². The normalized spacial score (nSPS) is 17.4. The fourth-order valence-electron chi connectivity index (χ4n) is 3.52. The zero-order valence-electron chi connectivity index (χ0n) is 15.2. The lowest BCUT2D eigenvalue weighted by Crippen LogP contribution is -2.22. The van der Waals surface area contributed by atoms with Gasteiger partial charge in [0.15, 0.2) is 9.84 Å². The minimum Gasteiger partial charge on any atom is -0.371 e. The van der Waals surface area contributed by atoms with Crippen LogP contribution in [0.25, 0.3) is 10.9 Å². The second kappa shape index (κ2) is 7.15. The summed E-state index contributed by atoms with van der Waals surface area (Å²) in [5.74, 6) is 1.19. The summed E-state index contributed by atoms with van der Waals surface area (Å²) in [6.45, 7) is 2.83. The SMILES string of the molecule is CS(=O)(=O)c1ccc2ncnc(NC[C@@H]3CCN(c4ccccc4)C3)c2c1. The summed E-state index contributed by atoms with van der Waals surface area (Å²) in [7, 11) is -3.27. The van der Waals surface area contributed by atoms with Gasteiger partial charge in [0.2, 0.25) is 0 Å². The molecule has 7 heteroatoms. The number of para-hydroxylation sites is 1. The van der Waals surface area contributed by atoms with E-state index in [1.807, 2.05) is 6.07 Å². The minimum atomic E-state index is -3.27. The Kier molecular flexibility index (Phi) is 4.70. The van der Waals surface area contributed by atoms with Crippen LogP contribution in [0.1, 0.15) is 6.42 Å². The molecule has 1 atom stereocenters. The molecule has 0 aliphatic carbocycles. The molecule has 140 valence electrons. The largest absolute Gasteiger partial charge is 0.371 e. The van der Waals surface area contributed by atoms with E-state index in [-0.39, 0.29) is 4.90 Å². The van der Waals surface area contributed by atoms with Crippen molar-refractivity contribution in [2.45, 2.75) is 11.3 Å². The lowest BCUT2D eigenvalue weighted by Gasteiger charge is -2.19. The van der Waals surface area contributed by atoms with Crippen molar-refractivity contribution in [1.82, 2.24) is 9.97 Å². The second-order valence-electron chi connectivity index (χ2n) is 6.99. The lowest BCUT2D eigenvalue weighted by atomic mass is 10.1. The maximum atomic E-state index is 11.9. The number of nitrogens with one attached hydrogen (secondary N) is 1. The van der Waals surface area contributed by atoms with E-state index in [9.17, 15) is 8.42 Å². The van der Waals surface area contributed by atoms with Gasteiger partial charge >= 0.3 is 0 Å². The van der Waals surface area contributed by atoms with Gasteiger partial charge in [0, 0.05) is 37.0 Å². The van der Waals surface area contributed by atoms with E-state index in [0.29, 0.717) is 11.7 Å². The van der Waals surface area contributed by atoms with Crippen LogP contribution in [0.3, 0.4) is 0 Å². The Morgan fingerprint density at radius 1 is 1.15 bits per heavy atom. The molecule has 1 aliphatic rings. The number of anilines is 2. The smallest absolute Gasteiger partial charge is 0.175 e. The maximum absolute atomic E-state index is 11.9. The third-order valence-electron chi connectivity index (χ3n) is 5.00. The monoisotopic (exact) mass is 382 g/mol. The van der Waals surface area contributed by atoms with E-state index < -0.39 is 9.84 Å². The molecular formula is C20H22N4O2S. The van der Waals surface area contributed by atoms with Gasteiger partial charge in [-0.15, -0.1) is 0 Å². The summed E-state index contributed by atoms with van der Waals surface area (Å²) in [5.41, 5.74) is 1.99. The van der Waals surface area contributed by atoms with Crippen LogP contribution >= 0.6 is 0 Å². The number of nitrogens with zero attached hydrogens (tertiary/aromatic N) is 3. The van der Waals surface area contributed by atoms with Gasteiger partial charge < -0.3 is 10.2 Å². The predicted molar refractivity (Wildman–Crippen MR) is 108 cm³/mol. The summed E-state index contributed by atoms with van der Waals surface area (Å²) >= 11 is 0. The summed E-state index contributed by atoms with van der Waals surface area (Å²) in [6.07, 6.45) is 3.83. The molecular weight excluding hydrogens is 360 g/mol. The van der Waals surface area contributed by atoms with E-state index in [1.54, 1.807) is 18.2 Å². The van der Waals surface area contributed by atoms with Crippen molar-refractivity contribution in [2.75, 3.05) is 36.1 Å². The second-order valence-corrected chi connectivity index (χ2v) is 9.01. The highest BCUT2D eigenvalue weighted by molar-refractivity contribution is 7.90. The molecule has 1 aliphatic heterocycles. The molecule has 3 aromatic rings. The van der Waals surface area contributed by atoms with Crippen molar-refractivity contribution in [3.63, 3.8) is 0 Å². The number of benzene rings is 2. The fourth-order valence-corrected chi connectivity index (χ4v) is 4.17. The number of hydrogen-bond donors (Lipinski definition) is 1. The standard InChI is InChI=1S/C20H22N4O2S/c1-27(25,26)17-7-8-19-18(11-17)20(23-14-22-19)21-12-15-9-10-24(13-15)16-5-3-2-4-6-16/h2-8,11,14-15H,9-10,12-13H2,1H3,(H,21,22,23)/t15-/m0/s1. The van der Waals surface area contributed by atoms with Gasteiger partial charge in [-0.2, -0.15) is 0 Å². The first kappa shape index (κ1) is 17.7. The molecule has 0 bridgehead atoms. The number of sulfone groups is 1. The van der Waals surface area contributed by atoms with Crippen molar-refractivity contribution in [1.29, 1.82) is 0 Å². The number of aromatic nitrogens is 2. The lowest BCUT2D eigenvalue weighted by molar-refractivity contribution is 0.602. The molecule has 1 N–H and O–H groups in total. The van der Waals surface area contributed by atoms with Gasteiger partial charge in [0.1, 0.15) is 12.1 Å². The Balaban J connectivity index is 1.49. The van der Waals surface area contributed by atoms with Crippen molar-refractivity contribution in [2.24, 2.45) is 5.92 Å². The summed E-state index contributed by atoms with van der Waals surface area (Å²) < 4.78 is 23.7. The Morgan fingerprint density at radius 2 is 1.96 bits per heavy atom. The highest BCUT2D eigenvalue weighted by Crippen LogP contribution is 2.26. The summed E-state index contributed by atoms with van der Waals surface area (Å²) in [6, 6.07) is 15.4. The van der Waals surface area contributed by atoms with Crippen molar-refractivity contribution >= 4 is 32.2 Å². The molecule has 2 heterocycles. The topological polar surface area (TPSA) is 75.2 Å². The summed E-state index contributed by atoms with van der Waals surface area (Å²) in [4.78, 5) is 11.3. The van der Waals surface area contributed by atoms with Gasteiger partial charge in [0.25, 0.3) is 0 Å². The molecule has 0 spiro atoms. The first-order valence-corrected chi connectivity index (χ1v) is 10.9. The molecule has 4 rings (SSSR count). The Bertz CT molecular complexity index is 1050. The first-order valence-electron chi connectivity index (χ1n) is 8.99. The fraction of sp³-hybridized carbons (Fsp3) is 0.300. The Hall–Kier alpha value is -2.67. The summed E-state index contributed by atoms with van der Waals surface area (Å²) in [5, 5.41) is 4.14. The van der Waals surface area contributed by atoms with Crippen LogP contribution in [-0.4, -0.2) is 44.3 Å². The highest BCUT2D eigenvalue weighted by Gasteiger charge is 2.22. The van der Waals surface area contributed by atoms with Crippen LogP contribution in [0.5, 0.6) is 0 Å². The average Bonchev–Trinajstić information content (AvgIpc) is 3.15. The average molecular weight is 382 g/mol. The van der Waals surface area contributed by atoms with Crippen LogP contribution in [-0.2, 0) is 9.84 Å². The van der Waals surface area contributed by atoms with Crippen LogP contribution < -0.4 is 10.2 Å². The van der Waals surface area contributed by atoms with E-state index in [1.165, 1.54) is 18.3 Å². The molecule has 0 unspecified atom stereocenters. The zero-order chi connectivity index (χ0) is 18.9. The van der Waals surface area contributed by atoms with E-state index in [0.717, 1.165) is 37.0 Å².